The van der Waals surface area contributed by atoms with Gasteiger partial charge in [-0.1, -0.05) is 6.92 Å². The van der Waals surface area contributed by atoms with Crippen LogP contribution in [-0.2, 0) is 9.59 Å². The molecular weight excluding hydrogens is 278 g/mol. The standard InChI is InChI=1S/C13H17N3O3S/c1-7-5-9(7)12(19)14-4-3-11(18)16-13-15-10(6-20-13)8(2)17/h6-7,9H,3-5H2,1-2H3,(H,14,19)(H,15,16,18)/t7-,9+/m1/s1. The Morgan fingerprint density at radius 3 is 2.70 bits per heavy atom. The summed E-state index contributed by atoms with van der Waals surface area (Å²) < 4.78 is 0. The number of carbonyl (C=O) groups is 3. The molecule has 0 unspecified atom stereocenters. The maximum Gasteiger partial charge on any atom is 0.227 e. The van der Waals surface area contributed by atoms with Gasteiger partial charge in [-0.25, -0.2) is 4.98 Å². The summed E-state index contributed by atoms with van der Waals surface area (Å²) in [4.78, 5) is 38.2. The van der Waals surface area contributed by atoms with Crippen molar-refractivity contribution in [2.45, 2.75) is 26.7 Å². The van der Waals surface area contributed by atoms with Gasteiger partial charge in [0.2, 0.25) is 11.8 Å². The molecule has 0 aromatic carbocycles. The highest BCUT2D eigenvalue weighted by molar-refractivity contribution is 7.14. The molecule has 6 nitrogen and oxygen atoms in total. The molecule has 0 aliphatic heterocycles. The van der Waals surface area contributed by atoms with Gasteiger partial charge in [0.05, 0.1) is 0 Å². The number of Topliss-reactive ketones (excluding diaryl/α,β-unsaturated/α-hetero) is 1. The summed E-state index contributed by atoms with van der Waals surface area (Å²) in [5.74, 6) is 0.254. The molecule has 2 N–H and O–H groups in total. The highest BCUT2D eigenvalue weighted by atomic mass is 32.1. The Morgan fingerprint density at radius 1 is 1.45 bits per heavy atom. The summed E-state index contributed by atoms with van der Waals surface area (Å²) in [6.07, 6.45) is 1.13. The van der Waals surface area contributed by atoms with E-state index in [4.69, 9.17) is 0 Å². The average molecular weight is 295 g/mol. The van der Waals surface area contributed by atoms with E-state index in [9.17, 15) is 14.4 Å². The molecule has 20 heavy (non-hydrogen) atoms. The normalized spacial score (nSPS) is 20.3. The molecule has 0 radical (unpaired) electrons. The molecule has 1 heterocycles. The topological polar surface area (TPSA) is 88.2 Å². The van der Waals surface area contributed by atoms with E-state index < -0.39 is 0 Å². The first-order valence-corrected chi connectivity index (χ1v) is 7.39. The molecule has 1 aliphatic carbocycles. The van der Waals surface area contributed by atoms with Crippen LogP contribution in [0.2, 0.25) is 0 Å². The van der Waals surface area contributed by atoms with Crippen LogP contribution < -0.4 is 10.6 Å². The van der Waals surface area contributed by atoms with Crippen molar-refractivity contribution in [1.82, 2.24) is 10.3 Å². The first-order chi connectivity index (χ1) is 9.47. The van der Waals surface area contributed by atoms with Crippen molar-refractivity contribution in [3.63, 3.8) is 0 Å². The van der Waals surface area contributed by atoms with Crippen molar-refractivity contribution >= 4 is 34.1 Å². The first-order valence-electron chi connectivity index (χ1n) is 6.51. The van der Waals surface area contributed by atoms with E-state index in [1.54, 1.807) is 5.38 Å². The lowest BCUT2D eigenvalue weighted by molar-refractivity contribution is -0.122. The van der Waals surface area contributed by atoms with Crippen LogP contribution in [0.5, 0.6) is 0 Å². The quantitative estimate of drug-likeness (QED) is 0.777. The third-order valence-corrected chi connectivity index (χ3v) is 3.97. The predicted molar refractivity (Wildman–Crippen MR) is 75.6 cm³/mol. The van der Waals surface area contributed by atoms with E-state index in [2.05, 4.69) is 15.6 Å². The first kappa shape index (κ1) is 14.6. The minimum absolute atomic E-state index is 0.0263. The SMILES string of the molecule is CC(=O)c1csc(NC(=O)CCNC(=O)[C@H]2C[C@H]2C)n1. The van der Waals surface area contributed by atoms with Gasteiger partial charge in [-0.3, -0.25) is 14.4 Å². The molecule has 1 aromatic heterocycles. The Kier molecular flexibility index (Phi) is 4.49. The minimum Gasteiger partial charge on any atom is -0.355 e. The van der Waals surface area contributed by atoms with Crippen LogP contribution in [0, 0.1) is 11.8 Å². The van der Waals surface area contributed by atoms with E-state index in [1.807, 2.05) is 6.92 Å². The van der Waals surface area contributed by atoms with Gasteiger partial charge < -0.3 is 10.6 Å². The van der Waals surface area contributed by atoms with Gasteiger partial charge in [-0.05, 0) is 12.3 Å². The number of hydrogen-bond donors (Lipinski definition) is 2. The van der Waals surface area contributed by atoms with E-state index in [0.29, 0.717) is 23.3 Å². The van der Waals surface area contributed by atoms with Crippen molar-refractivity contribution in [1.29, 1.82) is 0 Å². The van der Waals surface area contributed by atoms with Crippen molar-refractivity contribution in [2.24, 2.45) is 11.8 Å². The number of rotatable bonds is 6. The van der Waals surface area contributed by atoms with Crippen LogP contribution in [0.1, 0.15) is 37.2 Å². The molecular formula is C13H17N3O3S. The Bertz CT molecular complexity index is 541. The van der Waals surface area contributed by atoms with Crippen molar-refractivity contribution < 1.29 is 14.4 Å². The van der Waals surface area contributed by atoms with Gasteiger partial charge in [0.25, 0.3) is 0 Å². The van der Waals surface area contributed by atoms with Gasteiger partial charge in [0.15, 0.2) is 10.9 Å². The Morgan fingerprint density at radius 2 is 2.15 bits per heavy atom. The zero-order valence-corrected chi connectivity index (χ0v) is 12.3. The number of carbonyl (C=O) groups excluding carboxylic acids is 3. The molecule has 7 heteroatoms. The molecule has 1 aliphatic rings. The van der Waals surface area contributed by atoms with Gasteiger partial charge in [-0.15, -0.1) is 11.3 Å². The molecule has 2 rings (SSSR count). The van der Waals surface area contributed by atoms with Crippen LogP contribution in [-0.4, -0.2) is 29.1 Å². The van der Waals surface area contributed by atoms with E-state index >= 15 is 0 Å². The lowest BCUT2D eigenvalue weighted by Gasteiger charge is -2.04. The number of amides is 2. The van der Waals surface area contributed by atoms with Gasteiger partial charge >= 0.3 is 0 Å². The zero-order chi connectivity index (χ0) is 14.7. The Labute approximate surface area is 121 Å². The number of anilines is 1. The zero-order valence-electron chi connectivity index (χ0n) is 11.4. The van der Waals surface area contributed by atoms with Crippen molar-refractivity contribution in [2.75, 3.05) is 11.9 Å². The maximum absolute atomic E-state index is 11.6. The molecule has 0 bridgehead atoms. The van der Waals surface area contributed by atoms with Crippen LogP contribution >= 0.6 is 11.3 Å². The Balaban J connectivity index is 1.69. The number of nitrogens with zero attached hydrogens (tertiary/aromatic N) is 1. The summed E-state index contributed by atoms with van der Waals surface area (Å²) in [6, 6.07) is 0. The number of hydrogen-bond acceptors (Lipinski definition) is 5. The van der Waals surface area contributed by atoms with Crippen molar-refractivity contribution in [3.05, 3.63) is 11.1 Å². The second-order valence-electron chi connectivity index (χ2n) is 5.00. The fourth-order valence-electron chi connectivity index (χ4n) is 1.79. The van der Waals surface area contributed by atoms with Gasteiger partial charge in [0.1, 0.15) is 5.69 Å². The number of nitrogens with one attached hydrogen (secondary N) is 2. The molecule has 1 saturated carbocycles. The van der Waals surface area contributed by atoms with Gasteiger partial charge in [-0.2, -0.15) is 0 Å². The molecule has 2 atom stereocenters. The van der Waals surface area contributed by atoms with E-state index in [1.165, 1.54) is 18.3 Å². The number of aromatic nitrogens is 1. The molecule has 0 spiro atoms. The largest absolute Gasteiger partial charge is 0.355 e. The maximum atomic E-state index is 11.6. The third-order valence-electron chi connectivity index (χ3n) is 3.21. The lowest BCUT2D eigenvalue weighted by atomic mass is 10.3. The summed E-state index contributed by atoms with van der Waals surface area (Å²) in [7, 11) is 0. The van der Waals surface area contributed by atoms with E-state index in [0.717, 1.165) is 6.42 Å². The summed E-state index contributed by atoms with van der Waals surface area (Å²) in [6.45, 7) is 3.78. The highest BCUT2D eigenvalue weighted by Gasteiger charge is 2.38. The summed E-state index contributed by atoms with van der Waals surface area (Å²) >= 11 is 1.21. The summed E-state index contributed by atoms with van der Waals surface area (Å²) in [5, 5.41) is 7.36. The predicted octanol–water partition coefficient (Wildman–Crippen LogP) is 1.45. The second-order valence-corrected chi connectivity index (χ2v) is 5.86. The minimum atomic E-state index is -0.224. The third kappa shape index (κ3) is 3.86. The molecule has 1 aromatic rings. The monoisotopic (exact) mass is 295 g/mol. The molecule has 108 valence electrons. The lowest BCUT2D eigenvalue weighted by Crippen LogP contribution is -2.29. The van der Waals surface area contributed by atoms with E-state index in [-0.39, 0.29) is 29.9 Å². The smallest absolute Gasteiger partial charge is 0.227 e. The fourth-order valence-corrected chi connectivity index (χ4v) is 2.56. The number of ketones is 1. The van der Waals surface area contributed by atoms with Crippen molar-refractivity contribution in [3.8, 4) is 0 Å². The van der Waals surface area contributed by atoms with Crippen LogP contribution in [0.3, 0.4) is 0 Å². The van der Waals surface area contributed by atoms with Gasteiger partial charge in [0, 0.05) is 31.2 Å². The molecule has 1 fully saturated rings. The fraction of sp³-hybridized carbons (Fsp3) is 0.538. The molecule has 0 saturated heterocycles. The molecule has 2 amide bonds. The number of thiazole rings is 1. The Hall–Kier alpha value is -1.76. The van der Waals surface area contributed by atoms with Crippen LogP contribution in [0.4, 0.5) is 5.13 Å². The average Bonchev–Trinajstić information content (AvgIpc) is 2.92. The highest BCUT2D eigenvalue weighted by Crippen LogP contribution is 2.37. The van der Waals surface area contributed by atoms with Crippen LogP contribution in [0.15, 0.2) is 5.38 Å². The van der Waals surface area contributed by atoms with Crippen LogP contribution in [0.25, 0.3) is 0 Å². The second kappa shape index (κ2) is 6.13. The summed E-state index contributed by atoms with van der Waals surface area (Å²) in [5.41, 5.74) is 0.348.